The number of carbonyl (C=O) groups is 3. The number of methoxy groups -OCH3 is 1. The van der Waals surface area contributed by atoms with E-state index in [4.69, 9.17) is 24.7 Å². The lowest BCUT2D eigenvalue weighted by Gasteiger charge is -2.31. The van der Waals surface area contributed by atoms with Gasteiger partial charge in [-0.05, 0) is 48.4 Å². The van der Waals surface area contributed by atoms with Crippen molar-refractivity contribution < 1.29 is 38.4 Å². The summed E-state index contributed by atoms with van der Waals surface area (Å²) in [5.41, 5.74) is 9.74. The van der Waals surface area contributed by atoms with Crippen LogP contribution < -0.4 is 11.1 Å². The number of alkyl carbamates (subject to hydrolysis) is 1. The van der Waals surface area contributed by atoms with Crippen LogP contribution in [0.4, 0.5) is 4.79 Å². The number of hydrogen-bond acceptors (Lipinski definition) is 10. The van der Waals surface area contributed by atoms with Gasteiger partial charge in [-0.2, -0.15) is 0 Å². The average molecular weight is 772 g/mol. The van der Waals surface area contributed by atoms with Gasteiger partial charge in [-0.25, -0.2) is 9.78 Å². The number of aromatic nitrogens is 2. The molecule has 0 fully saturated rings. The summed E-state index contributed by atoms with van der Waals surface area (Å²) in [6.45, 7) is 5.48. The van der Waals surface area contributed by atoms with E-state index in [0.717, 1.165) is 16.6 Å². The predicted octanol–water partition coefficient (Wildman–Crippen LogP) is 5.28. The molecular formula is C43H57N5O8. The van der Waals surface area contributed by atoms with Crippen molar-refractivity contribution in [2.75, 3.05) is 46.8 Å². The second-order valence-corrected chi connectivity index (χ2v) is 13.7. The number of fused-ring (bicyclic) bond motifs is 1. The Balaban J connectivity index is 1.56. The Bertz CT molecular complexity index is 1750. The highest BCUT2D eigenvalue weighted by molar-refractivity contribution is 5.99. The summed E-state index contributed by atoms with van der Waals surface area (Å²) in [6, 6.07) is 24.7. The van der Waals surface area contributed by atoms with Crippen LogP contribution in [0.25, 0.3) is 17.1 Å². The maximum absolute atomic E-state index is 14.7. The van der Waals surface area contributed by atoms with Crippen LogP contribution in [0, 0.1) is 11.8 Å². The number of aromatic amines is 1. The van der Waals surface area contributed by atoms with Gasteiger partial charge in [-0.3, -0.25) is 14.5 Å². The highest BCUT2D eigenvalue weighted by Crippen LogP contribution is 2.24. The van der Waals surface area contributed by atoms with Crippen molar-refractivity contribution in [1.29, 1.82) is 0 Å². The summed E-state index contributed by atoms with van der Waals surface area (Å²) < 4.78 is 21.2. The fourth-order valence-corrected chi connectivity index (χ4v) is 6.08. The number of aliphatic hydroxyl groups excluding tert-OH is 1. The number of imidazole rings is 1. The number of para-hydroxylation sites is 2. The predicted molar refractivity (Wildman–Crippen MR) is 215 cm³/mol. The Morgan fingerprint density at radius 3 is 2.21 bits per heavy atom. The number of carbonyl (C=O) groups excluding carboxylic acids is 3. The van der Waals surface area contributed by atoms with Crippen LogP contribution in [0.2, 0.25) is 0 Å². The molecule has 302 valence electrons. The van der Waals surface area contributed by atoms with E-state index in [2.05, 4.69) is 15.3 Å². The number of hydrogen-bond donors (Lipinski definition) is 4. The quantitative estimate of drug-likeness (QED) is 0.0686. The molecule has 0 saturated heterocycles. The van der Waals surface area contributed by atoms with E-state index in [0.29, 0.717) is 44.2 Å². The van der Waals surface area contributed by atoms with Crippen molar-refractivity contribution >= 4 is 35.0 Å². The normalized spacial score (nSPS) is 14.2. The largest absolute Gasteiger partial charge is 0.447 e. The molecular weight excluding hydrogens is 715 g/mol. The molecule has 0 aliphatic heterocycles. The molecule has 0 spiro atoms. The molecule has 5 atom stereocenters. The lowest BCUT2D eigenvalue weighted by atomic mass is 9.89. The van der Waals surface area contributed by atoms with E-state index in [1.165, 1.54) is 4.90 Å². The number of amides is 3. The van der Waals surface area contributed by atoms with Gasteiger partial charge in [-0.1, -0.05) is 105 Å². The molecule has 4 aromatic rings. The van der Waals surface area contributed by atoms with E-state index in [1.807, 2.05) is 111 Å². The van der Waals surface area contributed by atoms with Crippen molar-refractivity contribution in [3.8, 4) is 0 Å². The van der Waals surface area contributed by atoms with Crippen molar-refractivity contribution in [2.45, 2.75) is 64.3 Å². The van der Waals surface area contributed by atoms with Gasteiger partial charge >= 0.3 is 6.09 Å². The van der Waals surface area contributed by atoms with Gasteiger partial charge in [0.15, 0.2) is 0 Å². The van der Waals surface area contributed by atoms with Crippen LogP contribution in [-0.2, 0) is 41.5 Å². The maximum atomic E-state index is 14.7. The lowest BCUT2D eigenvalue weighted by Crippen LogP contribution is -2.52. The summed E-state index contributed by atoms with van der Waals surface area (Å²) in [6.07, 6.45) is 2.82. The summed E-state index contributed by atoms with van der Waals surface area (Å²) in [4.78, 5) is 50.9. The van der Waals surface area contributed by atoms with Gasteiger partial charge in [-0.15, -0.1) is 0 Å². The Morgan fingerprint density at radius 2 is 1.54 bits per heavy atom. The van der Waals surface area contributed by atoms with Crippen LogP contribution >= 0.6 is 0 Å². The number of nitrogens with zero attached hydrogens (tertiary/aromatic N) is 2. The molecule has 5 N–H and O–H groups in total. The Morgan fingerprint density at radius 1 is 0.893 bits per heavy atom. The third-order valence-electron chi connectivity index (χ3n) is 9.56. The molecule has 1 aromatic heterocycles. The highest BCUT2D eigenvalue weighted by Gasteiger charge is 2.36. The van der Waals surface area contributed by atoms with Gasteiger partial charge in [0.1, 0.15) is 12.4 Å². The number of nitrogens with two attached hydrogens (primary N) is 1. The number of H-pyrrole nitrogens is 1. The first-order chi connectivity index (χ1) is 27.2. The van der Waals surface area contributed by atoms with Gasteiger partial charge < -0.3 is 40.1 Å². The molecule has 0 unspecified atom stereocenters. The molecule has 3 aromatic carbocycles. The van der Waals surface area contributed by atoms with E-state index < -0.39 is 42.0 Å². The smallest absolute Gasteiger partial charge is 0.407 e. The first-order valence-corrected chi connectivity index (χ1v) is 19.3. The molecule has 13 heteroatoms. The summed E-state index contributed by atoms with van der Waals surface area (Å²) >= 11 is 0. The summed E-state index contributed by atoms with van der Waals surface area (Å²) in [7, 11) is 1.60. The van der Waals surface area contributed by atoms with Crippen molar-refractivity contribution in [3.63, 3.8) is 0 Å². The van der Waals surface area contributed by atoms with Crippen molar-refractivity contribution in [1.82, 2.24) is 20.2 Å². The summed E-state index contributed by atoms with van der Waals surface area (Å²) in [5.74, 6) is -1.67. The van der Waals surface area contributed by atoms with Crippen LogP contribution in [0.3, 0.4) is 0 Å². The van der Waals surface area contributed by atoms with Gasteiger partial charge in [0, 0.05) is 13.0 Å². The number of benzene rings is 3. The topological polar surface area (TPSA) is 178 Å². The van der Waals surface area contributed by atoms with Gasteiger partial charge in [0.2, 0.25) is 11.8 Å². The highest BCUT2D eigenvalue weighted by atomic mass is 16.6. The van der Waals surface area contributed by atoms with E-state index >= 15 is 0 Å². The minimum atomic E-state index is -1.21. The van der Waals surface area contributed by atoms with E-state index in [1.54, 1.807) is 7.11 Å². The molecule has 4 rings (SSSR count). The molecule has 0 aliphatic rings. The summed E-state index contributed by atoms with van der Waals surface area (Å²) in [5, 5.41) is 14.7. The molecule has 0 radical (unpaired) electrons. The standard InChI is InChI=1S/C43H57N5O8/c1-4-31(2)40(44)42(51)48(30-39-45-35-20-11-12-21-36(35)46-39)41(50)34(19-13-18-32-14-7-5-8-15-32)29-38(49)37(28-33-16-9-6-10-17-33)47-43(52)56-27-26-55-25-24-54-23-22-53-3/h5-18,20-21,31,34,37-38,40,49H,4,19,22-30,44H2,1-3H3,(H,45,46)(H,47,52)/t31-,34+,37-,38-,40-/m0/s1. The fourth-order valence-electron chi connectivity index (χ4n) is 6.08. The number of ether oxygens (including phenoxy) is 4. The Kier molecular flexibility index (Phi) is 18.7. The monoisotopic (exact) mass is 771 g/mol. The van der Waals surface area contributed by atoms with Crippen LogP contribution in [-0.4, -0.2) is 103 Å². The molecule has 3 amide bonds. The molecule has 0 aliphatic carbocycles. The number of nitrogens with one attached hydrogen (secondary N) is 2. The Hall–Kier alpha value is -4.92. The second kappa shape index (κ2) is 23.9. The van der Waals surface area contributed by atoms with Crippen molar-refractivity contribution in [3.05, 3.63) is 108 Å². The zero-order chi connectivity index (χ0) is 40.1. The third-order valence-corrected chi connectivity index (χ3v) is 9.56. The Labute approximate surface area is 329 Å². The van der Waals surface area contributed by atoms with Crippen LogP contribution in [0.5, 0.6) is 0 Å². The molecule has 1 heterocycles. The van der Waals surface area contributed by atoms with Crippen molar-refractivity contribution in [2.24, 2.45) is 17.6 Å². The van der Waals surface area contributed by atoms with Crippen LogP contribution in [0.1, 0.15) is 50.1 Å². The first kappa shape index (κ1) is 43.8. The molecule has 13 nitrogen and oxygen atoms in total. The fraction of sp³-hybridized carbons (Fsp3) is 0.442. The first-order valence-electron chi connectivity index (χ1n) is 19.3. The van der Waals surface area contributed by atoms with Crippen LogP contribution in [0.15, 0.2) is 91.0 Å². The molecule has 56 heavy (non-hydrogen) atoms. The van der Waals surface area contributed by atoms with E-state index in [9.17, 15) is 19.5 Å². The maximum Gasteiger partial charge on any atom is 0.407 e. The number of aliphatic hydroxyl groups is 1. The SMILES string of the molecule is CC[C@H](C)[C@H](N)C(=O)N(Cc1nc2ccccc2[nH]1)C(=O)[C@H](CC=Cc1ccccc1)C[C@H](O)[C@H](Cc1ccccc1)NC(=O)OCCOCCOCCOC. The number of imide groups is 1. The zero-order valence-electron chi connectivity index (χ0n) is 32.7. The second-order valence-electron chi connectivity index (χ2n) is 13.7. The van der Waals surface area contributed by atoms with Gasteiger partial charge in [0.25, 0.3) is 0 Å². The molecule has 0 bridgehead atoms. The van der Waals surface area contributed by atoms with Gasteiger partial charge in [0.05, 0.1) is 68.8 Å². The lowest BCUT2D eigenvalue weighted by molar-refractivity contribution is -0.150. The number of allylic oxidation sites excluding steroid dienone is 1. The average Bonchev–Trinajstić information content (AvgIpc) is 3.64. The zero-order valence-corrected chi connectivity index (χ0v) is 32.7. The number of rotatable bonds is 24. The minimum Gasteiger partial charge on any atom is -0.447 e. The third kappa shape index (κ3) is 14.3. The van der Waals surface area contributed by atoms with E-state index in [-0.39, 0.29) is 44.9 Å². The minimum absolute atomic E-state index is 0.0151. The molecule has 0 saturated carbocycles.